The molecular weight excluding hydrogens is 424 g/mol. The van der Waals surface area contributed by atoms with E-state index < -0.39 is 11.5 Å². The molecule has 0 bridgehead atoms. The highest BCUT2D eigenvalue weighted by Gasteiger charge is 2.48. The predicted molar refractivity (Wildman–Crippen MR) is 122 cm³/mol. The number of hydrogen-bond acceptors (Lipinski definition) is 8. The number of likely N-dealkylation sites (tertiary alicyclic amines) is 1. The van der Waals surface area contributed by atoms with E-state index in [2.05, 4.69) is 14.9 Å². The number of carbonyl (C=O) groups excluding carboxylic acids is 1. The molecule has 0 unspecified atom stereocenters. The van der Waals surface area contributed by atoms with Crippen molar-refractivity contribution < 1.29 is 24.5 Å². The molecule has 0 aliphatic carbocycles. The van der Waals surface area contributed by atoms with Crippen molar-refractivity contribution in [2.24, 2.45) is 5.41 Å². The van der Waals surface area contributed by atoms with Crippen LogP contribution in [-0.4, -0.2) is 83.1 Å². The number of anilines is 1. The second kappa shape index (κ2) is 9.52. The fraction of sp³-hybridized carbons (Fsp3) is 0.542. The van der Waals surface area contributed by atoms with Crippen molar-refractivity contribution in [2.75, 3.05) is 44.8 Å². The van der Waals surface area contributed by atoms with E-state index in [1.54, 1.807) is 25.1 Å². The maximum Gasteiger partial charge on any atom is 0.224 e. The third-order valence-corrected chi connectivity index (χ3v) is 6.99. The maximum absolute atomic E-state index is 12.5. The SMILES string of the molecule is COc1ccc([C@@H]2CN(C(=O)CCO)C[C@@]2(C)[C@@H](C)O)cc1OC1CN(c2ccncn2)C1. The number of amides is 1. The van der Waals surface area contributed by atoms with Crippen LogP contribution in [0.1, 0.15) is 31.7 Å². The lowest BCUT2D eigenvalue weighted by atomic mass is 9.72. The van der Waals surface area contributed by atoms with E-state index in [1.165, 1.54) is 6.33 Å². The van der Waals surface area contributed by atoms with Gasteiger partial charge in [0.2, 0.25) is 5.91 Å². The smallest absolute Gasteiger partial charge is 0.224 e. The molecule has 1 amide bonds. The summed E-state index contributed by atoms with van der Waals surface area (Å²) in [4.78, 5) is 24.6. The topological polar surface area (TPSA) is 108 Å². The van der Waals surface area contributed by atoms with E-state index >= 15 is 0 Å². The Bertz CT molecular complexity index is 967. The van der Waals surface area contributed by atoms with Crippen molar-refractivity contribution in [2.45, 2.75) is 38.4 Å². The van der Waals surface area contributed by atoms with Crippen molar-refractivity contribution in [3.63, 3.8) is 0 Å². The first kappa shape index (κ1) is 23.3. The van der Waals surface area contributed by atoms with E-state index in [9.17, 15) is 15.0 Å². The van der Waals surface area contributed by atoms with Gasteiger partial charge < -0.3 is 29.5 Å². The zero-order chi connectivity index (χ0) is 23.6. The van der Waals surface area contributed by atoms with Gasteiger partial charge in [0, 0.05) is 37.0 Å². The Labute approximate surface area is 194 Å². The van der Waals surface area contributed by atoms with Crippen LogP contribution < -0.4 is 14.4 Å². The van der Waals surface area contributed by atoms with E-state index in [0.717, 1.165) is 11.4 Å². The van der Waals surface area contributed by atoms with Crippen molar-refractivity contribution in [3.05, 3.63) is 42.4 Å². The summed E-state index contributed by atoms with van der Waals surface area (Å²) in [6.07, 6.45) is 2.72. The number of hydrogen-bond donors (Lipinski definition) is 2. The van der Waals surface area contributed by atoms with Gasteiger partial charge in [-0.1, -0.05) is 13.0 Å². The Kier molecular flexibility index (Phi) is 6.71. The van der Waals surface area contributed by atoms with Crippen LogP contribution in [0.2, 0.25) is 0 Å². The number of carbonyl (C=O) groups is 1. The second-order valence-corrected chi connectivity index (χ2v) is 9.10. The number of ether oxygens (including phenoxy) is 2. The van der Waals surface area contributed by atoms with Gasteiger partial charge in [-0.05, 0) is 30.7 Å². The molecule has 2 aromatic rings. The molecule has 2 saturated heterocycles. The Morgan fingerprint density at radius 1 is 1.27 bits per heavy atom. The molecule has 0 saturated carbocycles. The van der Waals surface area contributed by atoms with Crippen LogP contribution in [0, 0.1) is 5.41 Å². The van der Waals surface area contributed by atoms with Crippen LogP contribution in [0.25, 0.3) is 0 Å². The lowest BCUT2D eigenvalue weighted by Crippen LogP contribution is -2.54. The molecule has 178 valence electrons. The zero-order valence-corrected chi connectivity index (χ0v) is 19.3. The Hall–Kier alpha value is -2.91. The van der Waals surface area contributed by atoms with Gasteiger partial charge in [-0.3, -0.25) is 4.79 Å². The minimum absolute atomic E-state index is 0.00141. The van der Waals surface area contributed by atoms with Gasteiger partial charge in [-0.25, -0.2) is 9.97 Å². The summed E-state index contributed by atoms with van der Waals surface area (Å²) in [5.74, 6) is 1.99. The normalized spacial score (nSPS) is 23.8. The maximum atomic E-state index is 12.5. The van der Waals surface area contributed by atoms with Gasteiger partial charge in [0.25, 0.3) is 0 Å². The van der Waals surface area contributed by atoms with Crippen molar-refractivity contribution in [1.29, 1.82) is 0 Å². The van der Waals surface area contributed by atoms with Crippen molar-refractivity contribution in [1.82, 2.24) is 14.9 Å². The molecule has 2 aliphatic rings. The molecule has 3 heterocycles. The molecule has 33 heavy (non-hydrogen) atoms. The Morgan fingerprint density at radius 3 is 2.70 bits per heavy atom. The second-order valence-electron chi connectivity index (χ2n) is 9.10. The van der Waals surface area contributed by atoms with Crippen molar-refractivity contribution >= 4 is 11.7 Å². The molecule has 2 N–H and O–H groups in total. The van der Waals surface area contributed by atoms with Crippen molar-refractivity contribution in [3.8, 4) is 11.5 Å². The molecule has 0 spiro atoms. The van der Waals surface area contributed by atoms with E-state index in [-0.39, 0.29) is 31.0 Å². The average molecular weight is 457 g/mol. The van der Waals surface area contributed by atoms with Crippen LogP contribution in [0.3, 0.4) is 0 Å². The summed E-state index contributed by atoms with van der Waals surface area (Å²) >= 11 is 0. The summed E-state index contributed by atoms with van der Waals surface area (Å²) in [5.41, 5.74) is 0.470. The minimum atomic E-state index is -0.617. The van der Waals surface area contributed by atoms with Crippen LogP contribution in [0.4, 0.5) is 5.82 Å². The highest BCUT2D eigenvalue weighted by Crippen LogP contribution is 2.47. The summed E-state index contributed by atoms with van der Waals surface area (Å²) in [6.45, 7) is 5.93. The lowest BCUT2D eigenvalue weighted by molar-refractivity contribution is -0.131. The average Bonchev–Trinajstić information content (AvgIpc) is 3.15. The number of aliphatic hydroxyl groups is 2. The van der Waals surface area contributed by atoms with Gasteiger partial charge in [-0.15, -0.1) is 0 Å². The lowest BCUT2D eigenvalue weighted by Gasteiger charge is -2.40. The van der Waals surface area contributed by atoms with Gasteiger partial charge in [0.05, 0.1) is 32.9 Å². The van der Waals surface area contributed by atoms with Crippen LogP contribution in [0.15, 0.2) is 36.8 Å². The molecule has 9 heteroatoms. The summed E-state index contributed by atoms with van der Waals surface area (Å²) in [6, 6.07) is 7.70. The third kappa shape index (κ3) is 4.60. The van der Waals surface area contributed by atoms with Gasteiger partial charge in [0.1, 0.15) is 18.2 Å². The number of rotatable bonds is 8. The first-order chi connectivity index (χ1) is 15.9. The van der Waals surface area contributed by atoms with E-state index in [4.69, 9.17) is 9.47 Å². The van der Waals surface area contributed by atoms with E-state index in [1.807, 2.05) is 31.2 Å². The number of benzene rings is 1. The first-order valence-corrected chi connectivity index (χ1v) is 11.3. The monoisotopic (exact) mass is 456 g/mol. The molecule has 1 aromatic heterocycles. The highest BCUT2D eigenvalue weighted by atomic mass is 16.5. The van der Waals surface area contributed by atoms with E-state index in [0.29, 0.717) is 37.7 Å². The minimum Gasteiger partial charge on any atom is -0.493 e. The molecule has 3 atom stereocenters. The van der Waals surface area contributed by atoms with Crippen LogP contribution in [0.5, 0.6) is 11.5 Å². The third-order valence-electron chi connectivity index (χ3n) is 6.99. The summed E-state index contributed by atoms with van der Waals surface area (Å²) < 4.78 is 11.8. The largest absolute Gasteiger partial charge is 0.493 e. The number of methoxy groups -OCH3 is 1. The molecular formula is C24H32N4O5. The Balaban J connectivity index is 1.52. The predicted octanol–water partition coefficient (Wildman–Crippen LogP) is 1.45. The summed E-state index contributed by atoms with van der Waals surface area (Å²) in [7, 11) is 1.61. The van der Waals surface area contributed by atoms with Gasteiger partial charge in [-0.2, -0.15) is 0 Å². The molecule has 2 aliphatic heterocycles. The molecule has 0 radical (unpaired) electrons. The quantitative estimate of drug-likeness (QED) is 0.615. The number of nitrogens with zero attached hydrogens (tertiary/aromatic N) is 4. The number of aromatic nitrogens is 2. The fourth-order valence-electron chi connectivity index (χ4n) is 4.72. The van der Waals surface area contributed by atoms with Gasteiger partial charge >= 0.3 is 0 Å². The van der Waals surface area contributed by atoms with Crippen LogP contribution in [-0.2, 0) is 4.79 Å². The molecule has 9 nitrogen and oxygen atoms in total. The van der Waals surface area contributed by atoms with Crippen LogP contribution >= 0.6 is 0 Å². The molecule has 2 fully saturated rings. The standard InChI is InChI=1S/C24H32N4O5/c1-16(30)24(2)14-28(23(31)7-9-29)13-19(24)17-4-5-20(32-3)21(10-17)33-18-11-27(12-18)22-6-8-25-15-26-22/h4-6,8,10,15-16,18-19,29-30H,7,9,11-14H2,1-3H3/t16-,19+,24+/m1/s1. The fourth-order valence-corrected chi connectivity index (χ4v) is 4.72. The number of aliphatic hydroxyl groups excluding tert-OH is 2. The highest BCUT2D eigenvalue weighted by molar-refractivity contribution is 5.77. The summed E-state index contributed by atoms with van der Waals surface area (Å²) in [5, 5.41) is 19.8. The zero-order valence-electron chi connectivity index (χ0n) is 19.3. The molecule has 1 aromatic carbocycles. The molecule has 4 rings (SSSR count). The first-order valence-electron chi connectivity index (χ1n) is 11.3. The van der Waals surface area contributed by atoms with Gasteiger partial charge in [0.15, 0.2) is 11.5 Å². The Morgan fingerprint density at radius 2 is 2.06 bits per heavy atom.